The number of halogens is 3. The zero-order chi connectivity index (χ0) is 29.1. The molecule has 1 aliphatic heterocycles. The Morgan fingerprint density at radius 1 is 1.07 bits per heavy atom. The van der Waals surface area contributed by atoms with Crippen LogP contribution in [-0.2, 0) is 9.53 Å². The van der Waals surface area contributed by atoms with Gasteiger partial charge >= 0.3 is 5.97 Å². The van der Waals surface area contributed by atoms with Gasteiger partial charge in [0.15, 0.2) is 16.3 Å². The summed E-state index contributed by atoms with van der Waals surface area (Å²) in [5.74, 6) is 1.33. The molecule has 1 aromatic heterocycles. The zero-order valence-electron chi connectivity index (χ0n) is 22.5. The van der Waals surface area contributed by atoms with Crippen molar-refractivity contribution in [2.24, 2.45) is 4.99 Å². The summed E-state index contributed by atoms with van der Waals surface area (Å²) in [5.41, 5.74) is 2.03. The van der Waals surface area contributed by atoms with Crippen LogP contribution in [0.25, 0.3) is 6.08 Å². The molecule has 2 heterocycles. The van der Waals surface area contributed by atoms with E-state index in [0.717, 1.165) is 18.5 Å². The fraction of sp³-hybridized carbons (Fsp3) is 0.321. The van der Waals surface area contributed by atoms with Gasteiger partial charge in [0.2, 0.25) is 0 Å². The molecule has 4 rings (SSSR count). The van der Waals surface area contributed by atoms with Crippen molar-refractivity contribution < 1.29 is 23.7 Å². The van der Waals surface area contributed by atoms with E-state index in [1.807, 2.05) is 32.1 Å². The van der Waals surface area contributed by atoms with E-state index in [9.17, 15) is 9.59 Å². The maximum atomic E-state index is 14.0. The third kappa shape index (κ3) is 6.14. The van der Waals surface area contributed by atoms with E-state index in [1.165, 1.54) is 11.3 Å². The van der Waals surface area contributed by atoms with Crippen molar-refractivity contribution in [1.82, 2.24) is 4.57 Å². The Bertz CT molecular complexity index is 1660. The van der Waals surface area contributed by atoms with Gasteiger partial charge in [-0.1, -0.05) is 27.3 Å². The molecule has 40 heavy (non-hydrogen) atoms. The molecule has 1 atom stereocenters. The monoisotopic (exact) mass is 852 g/mol. The number of thiazole rings is 1. The molecule has 3 aromatic rings. The van der Waals surface area contributed by atoms with Crippen molar-refractivity contribution in [2.75, 3.05) is 26.9 Å². The Kier molecular flexibility index (Phi) is 10.4. The average molecular weight is 853 g/mol. The summed E-state index contributed by atoms with van der Waals surface area (Å²) in [4.78, 5) is 32.4. The molecular formula is C28H27BrI2N2O6S. The maximum absolute atomic E-state index is 14.0. The number of fused-ring (bicyclic) bond motifs is 1. The molecule has 212 valence electrons. The highest BCUT2D eigenvalue weighted by molar-refractivity contribution is 14.1. The lowest BCUT2D eigenvalue weighted by Crippen LogP contribution is -2.40. The minimum Gasteiger partial charge on any atom is -0.493 e. The third-order valence-corrected chi connectivity index (χ3v) is 9.27. The van der Waals surface area contributed by atoms with Crippen molar-refractivity contribution in [1.29, 1.82) is 0 Å². The molecule has 1 aliphatic rings. The van der Waals surface area contributed by atoms with Crippen LogP contribution in [0.3, 0.4) is 0 Å². The van der Waals surface area contributed by atoms with Crippen LogP contribution in [0.4, 0.5) is 0 Å². The molecule has 0 bridgehead atoms. The second-order valence-corrected chi connectivity index (χ2v) is 12.7. The second-order valence-electron chi connectivity index (χ2n) is 8.51. The highest BCUT2D eigenvalue weighted by atomic mass is 127. The van der Waals surface area contributed by atoms with Crippen molar-refractivity contribution in [3.63, 3.8) is 0 Å². The fourth-order valence-electron chi connectivity index (χ4n) is 4.37. The van der Waals surface area contributed by atoms with E-state index < -0.39 is 12.0 Å². The Balaban J connectivity index is 1.97. The smallest absolute Gasteiger partial charge is 0.338 e. The van der Waals surface area contributed by atoms with E-state index in [-0.39, 0.29) is 17.7 Å². The molecule has 0 amide bonds. The number of esters is 1. The van der Waals surface area contributed by atoms with Gasteiger partial charge < -0.3 is 18.9 Å². The van der Waals surface area contributed by atoms with Crippen LogP contribution >= 0.6 is 72.4 Å². The number of carbonyl (C=O) groups is 1. The summed E-state index contributed by atoms with van der Waals surface area (Å²) in [6.45, 7) is 8.54. The van der Waals surface area contributed by atoms with E-state index >= 15 is 0 Å². The summed E-state index contributed by atoms with van der Waals surface area (Å²) in [7, 11) is 1.55. The molecule has 0 fully saturated rings. The quantitative estimate of drug-likeness (QED) is 0.207. The largest absolute Gasteiger partial charge is 0.493 e. The Labute approximate surface area is 271 Å². The van der Waals surface area contributed by atoms with Gasteiger partial charge in [-0.3, -0.25) is 9.36 Å². The molecule has 0 saturated carbocycles. The molecule has 12 heteroatoms. The first-order chi connectivity index (χ1) is 19.1. The summed E-state index contributed by atoms with van der Waals surface area (Å²) in [6.07, 6.45) is 1.85. The number of ether oxygens (including phenoxy) is 4. The van der Waals surface area contributed by atoms with Crippen molar-refractivity contribution in [3.8, 4) is 17.2 Å². The van der Waals surface area contributed by atoms with Gasteiger partial charge in [-0.2, -0.15) is 0 Å². The van der Waals surface area contributed by atoms with Crippen molar-refractivity contribution in [2.45, 2.75) is 33.7 Å². The number of rotatable bonds is 9. The van der Waals surface area contributed by atoms with Crippen LogP contribution in [0.1, 0.15) is 44.9 Å². The van der Waals surface area contributed by atoms with Crippen LogP contribution in [0.2, 0.25) is 0 Å². The number of carbonyl (C=O) groups excluding carboxylic acids is 1. The van der Waals surface area contributed by atoms with Crippen molar-refractivity contribution in [3.05, 3.63) is 78.0 Å². The summed E-state index contributed by atoms with van der Waals surface area (Å²) in [6, 6.07) is 6.73. The number of hydrogen-bond acceptors (Lipinski definition) is 8. The Morgan fingerprint density at radius 2 is 1.75 bits per heavy atom. The molecule has 8 nitrogen and oxygen atoms in total. The number of nitrogens with zero attached hydrogens (tertiary/aromatic N) is 2. The van der Waals surface area contributed by atoms with Gasteiger partial charge in [0, 0.05) is 4.47 Å². The van der Waals surface area contributed by atoms with Crippen LogP contribution < -0.4 is 29.1 Å². The number of methoxy groups -OCH3 is 1. The molecular weight excluding hydrogens is 826 g/mol. The predicted molar refractivity (Wildman–Crippen MR) is 175 cm³/mol. The minimum absolute atomic E-state index is 0.190. The minimum atomic E-state index is -0.794. The highest BCUT2D eigenvalue weighted by Crippen LogP contribution is 2.41. The van der Waals surface area contributed by atoms with E-state index in [1.54, 1.807) is 37.7 Å². The number of aromatic nitrogens is 1. The van der Waals surface area contributed by atoms with Gasteiger partial charge in [-0.15, -0.1) is 0 Å². The zero-order valence-corrected chi connectivity index (χ0v) is 29.2. The lowest BCUT2D eigenvalue weighted by atomic mass is 9.95. The van der Waals surface area contributed by atoms with Crippen LogP contribution in [-0.4, -0.2) is 37.5 Å². The number of benzene rings is 2. The molecule has 0 aliphatic carbocycles. The van der Waals surface area contributed by atoms with Crippen LogP contribution in [0.5, 0.6) is 17.2 Å². The predicted octanol–water partition coefficient (Wildman–Crippen LogP) is 5.58. The van der Waals surface area contributed by atoms with Crippen LogP contribution in [0, 0.1) is 7.14 Å². The molecule has 0 radical (unpaired) electrons. The number of allylic oxidation sites excluding steroid dienone is 1. The molecule has 0 unspecified atom stereocenters. The topological polar surface area (TPSA) is 88.4 Å². The summed E-state index contributed by atoms with van der Waals surface area (Å²) < 4.78 is 27.1. The maximum Gasteiger partial charge on any atom is 0.338 e. The molecule has 0 N–H and O–H groups in total. The average Bonchev–Trinajstić information content (AvgIpc) is 3.20. The lowest BCUT2D eigenvalue weighted by Gasteiger charge is -2.26. The Hall–Kier alpha value is -1.91. The first-order valence-electron chi connectivity index (χ1n) is 12.5. The van der Waals surface area contributed by atoms with Gasteiger partial charge in [0.25, 0.3) is 5.56 Å². The van der Waals surface area contributed by atoms with E-state index in [0.29, 0.717) is 49.8 Å². The van der Waals surface area contributed by atoms with Gasteiger partial charge in [-0.25, -0.2) is 9.79 Å². The highest BCUT2D eigenvalue weighted by Gasteiger charge is 2.35. The normalized spacial score (nSPS) is 15.0. The van der Waals surface area contributed by atoms with Gasteiger partial charge in [0.05, 0.1) is 55.9 Å². The summed E-state index contributed by atoms with van der Waals surface area (Å²) in [5, 5.41) is 0. The molecule has 2 aromatic carbocycles. The summed E-state index contributed by atoms with van der Waals surface area (Å²) >= 11 is 9.40. The van der Waals surface area contributed by atoms with Gasteiger partial charge in [0.1, 0.15) is 5.75 Å². The first kappa shape index (κ1) is 31.0. The van der Waals surface area contributed by atoms with E-state index in [4.69, 9.17) is 18.9 Å². The van der Waals surface area contributed by atoms with E-state index in [2.05, 4.69) is 66.1 Å². The van der Waals surface area contributed by atoms with Crippen LogP contribution in [0.15, 0.2) is 49.8 Å². The lowest BCUT2D eigenvalue weighted by molar-refractivity contribution is -0.139. The number of hydrogen-bond donors (Lipinski definition) is 0. The SMILES string of the molecule is CCOC(=O)C1=C(C)N=c2s/c(=C/c3cc(I)c(OCC)c(I)c3)c(=O)n2[C@H]1c1cc(OC)c(OCC)cc1Br. The second kappa shape index (κ2) is 13.4. The van der Waals surface area contributed by atoms with Gasteiger partial charge in [-0.05, 0) is 114 Å². The molecule has 0 saturated heterocycles. The third-order valence-electron chi connectivity index (χ3n) is 6.00. The molecule has 0 spiro atoms. The van der Waals surface area contributed by atoms with Crippen molar-refractivity contribution >= 4 is 84.5 Å². The first-order valence-corrected chi connectivity index (χ1v) is 16.2. The Morgan fingerprint density at radius 3 is 2.35 bits per heavy atom. The standard InChI is InChI=1S/C28H27BrI2N2O6S/c1-6-37-21-13-17(29)16(12-20(21)36-5)24-23(27(35)39-8-3)14(4)32-28-33(24)26(34)22(40-28)11-15-9-18(30)25(38-7-2)19(31)10-15/h9-13,24H,6-8H2,1-5H3/b22-11+/t24-/m0/s1. The fourth-order valence-corrected chi connectivity index (χ4v) is 8.08.